The Morgan fingerprint density at radius 1 is 1.09 bits per heavy atom. The maximum Gasteiger partial charge on any atom is 0.0474 e. The summed E-state index contributed by atoms with van der Waals surface area (Å²) in [6, 6.07) is 8.40. The molecule has 0 spiro atoms. The first-order valence-electron chi connectivity index (χ1n) is 3.50. The van der Waals surface area contributed by atoms with E-state index in [1.54, 1.807) is 0 Å². The predicted molar refractivity (Wildman–Crippen MR) is 45.4 cm³/mol. The van der Waals surface area contributed by atoms with Gasteiger partial charge in [-0.15, -0.1) is 11.6 Å². The molecule has 0 nitrogen and oxygen atoms in total. The predicted octanol–water partition coefficient (Wildman–Crippen LogP) is 2.99. The maximum absolute atomic E-state index is 5.62. The van der Waals surface area contributed by atoms with E-state index in [0.717, 1.165) is 6.42 Å². The third-order valence-electron chi connectivity index (χ3n) is 1.59. The van der Waals surface area contributed by atoms with Crippen LogP contribution in [0.1, 0.15) is 18.1 Å². The van der Waals surface area contributed by atoms with E-state index in [4.69, 9.17) is 11.6 Å². The summed E-state index contributed by atoms with van der Waals surface area (Å²) in [5.74, 6) is 0.615. The van der Waals surface area contributed by atoms with E-state index < -0.39 is 0 Å². The molecular formula is C9H11ClZn. The Kier molecular flexibility index (Phi) is 5.81. The largest absolute Gasteiger partial charge is 0.122 e. The van der Waals surface area contributed by atoms with Crippen LogP contribution in [0.3, 0.4) is 0 Å². The zero-order valence-electron chi connectivity index (χ0n) is 6.81. The SMILES string of the molecule is CCc1ccc(CCl)cc1.[Zn]. The summed E-state index contributed by atoms with van der Waals surface area (Å²) in [6.07, 6.45) is 1.10. The van der Waals surface area contributed by atoms with E-state index in [1.807, 2.05) is 0 Å². The van der Waals surface area contributed by atoms with Gasteiger partial charge in [-0.2, -0.15) is 0 Å². The molecule has 1 aromatic rings. The van der Waals surface area contributed by atoms with Crippen molar-refractivity contribution < 1.29 is 19.5 Å². The van der Waals surface area contributed by atoms with Crippen LogP contribution in [0.5, 0.6) is 0 Å². The topological polar surface area (TPSA) is 0 Å². The third-order valence-corrected chi connectivity index (χ3v) is 1.89. The normalized spacial score (nSPS) is 8.91. The zero-order chi connectivity index (χ0) is 7.40. The van der Waals surface area contributed by atoms with Crippen LogP contribution >= 0.6 is 11.6 Å². The quantitative estimate of drug-likeness (QED) is 0.530. The summed E-state index contributed by atoms with van der Waals surface area (Å²) < 4.78 is 0. The minimum absolute atomic E-state index is 0. The van der Waals surface area contributed by atoms with Gasteiger partial charge in [-0.05, 0) is 17.5 Å². The smallest absolute Gasteiger partial charge is 0.0474 e. The van der Waals surface area contributed by atoms with Gasteiger partial charge >= 0.3 is 0 Å². The average Bonchev–Trinajstić information content (AvgIpc) is 2.05. The van der Waals surface area contributed by atoms with Gasteiger partial charge < -0.3 is 0 Å². The molecule has 0 amide bonds. The summed E-state index contributed by atoms with van der Waals surface area (Å²) in [7, 11) is 0. The number of aryl methyl sites for hydroxylation is 1. The molecule has 0 bridgehead atoms. The van der Waals surface area contributed by atoms with Crippen molar-refractivity contribution >= 4 is 11.6 Å². The molecule has 0 N–H and O–H groups in total. The van der Waals surface area contributed by atoms with Crippen LogP contribution in [-0.4, -0.2) is 0 Å². The number of halogens is 1. The molecule has 0 radical (unpaired) electrons. The number of hydrogen-bond donors (Lipinski definition) is 0. The van der Waals surface area contributed by atoms with Gasteiger partial charge in [-0.3, -0.25) is 0 Å². The van der Waals surface area contributed by atoms with Gasteiger partial charge in [-0.25, -0.2) is 0 Å². The van der Waals surface area contributed by atoms with Crippen molar-refractivity contribution in [1.29, 1.82) is 0 Å². The van der Waals surface area contributed by atoms with Crippen molar-refractivity contribution in [2.45, 2.75) is 19.2 Å². The second-order valence-corrected chi connectivity index (χ2v) is 2.57. The van der Waals surface area contributed by atoms with E-state index >= 15 is 0 Å². The van der Waals surface area contributed by atoms with Gasteiger partial charge in [0.25, 0.3) is 0 Å². The minimum atomic E-state index is 0. The van der Waals surface area contributed by atoms with Crippen molar-refractivity contribution in [2.24, 2.45) is 0 Å². The molecule has 0 aliphatic rings. The van der Waals surface area contributed by atoms with Crippen LogP contribution in [0.2, 0.25) is 0 Å². The van der Waals surface area contributed by atoms with Crippen LogP contribution in [-0.2, 0) is 31.8 Å². The van der Waals surface area contributed by atoms with E-state index in [2.05, 4.69) is 31.2 Å². The Hall–Kier alpha value is 0.133. The summed E-state index contributed by atoms with van der Waals surface area (Å²) in [4.78, 5) is 0. The van der Waals surface area contributed by atoms with E-state index in [1.165, 1.54) is 11.1 Å². The molecule has 1 rings (SSSR count). The second kappa shape index (κ2) is 5.74. The van der Waals surface area contributed by atoms with Crippen LogP contribution < -0.4 is 0 Å². The standard InChI is InChI=1S/C9H11Cl.Zn/c1-2-8-3-5-9(7-10)6-4-8;/h3-6H,2,7H2,1H3;. The number of hydrogen-bond acceptors (Lipinski definition) is 0. The van der Waals surface area contributed by atoms with Gasteiger partial charge in [0.1, 0.15) is 0 Å². The molecule has 0 heterocycles. The van der Waals surface area contributed by atoms with E-state index in [0.29, 0.717) is 5.88 Å². The number of benzene rings is 1. The Morgan fingerprint density at radius 3 is 1.91 bits per heavy atom. The van der Waals surface area contributed by atoms with Crippen molar-refractivity contribution in [2.75, 3.05) is 0 Å². The van der Waals surface area contributed by atoms with Crippen LogP contribution in [0.4, 0.5) is 0 Å². The first kappa shape index (κ1) is 11.1. The van der Waals surface area contributed by atoms with Gasteiger partial charge in [0.15, 0.2) is 0 Å². The molecule has 0 atom stereocenters. The fourth-order valence-corrected chi connectivity index (χ4v) is 1.04. The van der Waals surface area contributed by atoms with Crippen molar-refractivity contribution in [1.82, 2.24) is 0 Å². The Morgan fingerprint density at radius 2 is 1.55 bits per heavy atom. The molecule has 0 aliphatic heterocycles. The number of rotatable bonds is 2. The average molecular weight is 220 g/mol. The monoisotopic (exact) mass is 218 g/mol. The molecule has 0 unspecified atom stereocenters. The van der Waals surface area contributed by atoms with Crippen LogP contribution in [0, 0.1) is 0 Å². The summed E-state index contributed by atoms with van der Waals surface area (Å²) in [6.45, 7) is 2.15. The first-order chi connectivity index (χ1) is 4.86. The Labute approximate surface area is 85.7 Å². The minimum Gasteiger partial charge on any atom is -0.122 e. The second-order valence-electron chi connectivity index (χ2n) is 2.30. The van der Waals surface area contributed by atoms with Gasteiger partial charge in [0, 0.05) is 25.4 Å². The van der Waals surface area contributed by atoms with E-state index in [-0.39, 0.29) is 19.5 Å². The molecule has 11 heavy (non-hydrogen) atoms. The molecule has 0 saturated carbocycles. The molecular weight excluding hydrogens is 209 g/mol. The molecule has 0 fully saturated rings. The third kappa shape index (κ3) is 3.36. The van der Waals surface area contributed by atoms with Crippen molar-refractivity contribution in [3.8, 4) is 0 Å². The summed E-state index contributed by atoms with van der Waals surface area (Å²) in [5.41, 5.74) is 2.56. The van der Waals surface area contributed by atoms with Gasteiger partial charge in [-0.1, -0.05) is 31.2 Å². The van der Waals surface area contributed by atoms with Gasteiger partial charge in [0.2, 0.25) is 0 Å². The molecule has 0 aromatic heterocycles. The summed E-state index contributed by atoms with van der Waals surface area (Å²) in [5, 5.41) is 0. The molecule has 0 aliphatic carbocycles. The molecule has 56 valence electrons. The first-order valence-corrected chi connectivity index (χ1v) is 4.04. The number of alkyl halides is 1. The fourth-order valence-electron chi connectivity index (χ4n) is 0.864. The summed E-state index contributed by atoms with van der Waals surface area (Å²) >= 11 is 5.62. The molecule has 1 aromatic carbocycles. The van der Waals surface area contributed by atoms with Crippen molar-refractivity contribution in [3.05, 3.63) is 35.4 Å². The van der Waals surface area contributed by atoms with E-state index in [9.17, 15) is 0 Å². The maximum atomic E-state index is 5.62. The molecule has 0 saturated heterocycles. The fraction of sp³-hybridized carbons (Fsp3) is 0.333. The molecule has 2 heteroatoms. The van der Waals surface area contributed by atoms with Gasteiger partial charge in [0.05, 0.1) is 0 Å². The van der Waals surface area contributed by atoms with Crippen molar-refractivity contribution in [3.63, 3.8) is 0 Å². The zero-order valence-corrected chi connectivity index (χ0v) is 10.5. The van der Waals surface area contributed by atoms with Crippen LogP contribution in [0.25, 0.3) is 0 Å². The Balaban J connectivity index is 0.000001000. The van der Waals surface area contributed by atoms with Crippen LogP contribution in [0.15, 0.2) is 24.3 Å². The Bertz CT molecular complexity index is 170.